The molecule has 4 rings (SSSR count). The number of nitrogens with zero attached hydrogens (tertiary/aromatic N) is 2. The highest BCUT2D eigenvalue weighted by Crippen LogP contribution is 2.33. The summed E-state index contributed by atoms with van der Waals surface area (Å²) in [7, 11) is 0. The summed E-state index contributed by atoms with van der Waals surface area (Å²) < 4.78 is 19.6. The van der Waals surface area contributed by atoms with Gasteiger partial charge in [0.05, 0.1) is 17.4 Å². The Labute approximate surface area is 126 Å². The van der Waals surface area contributed by atoms with Crippen molar-refractivity contribution in [2.24, 2.45) is 5.73 Å². The Kier molecular flexibility index (Phi) is 2.87. The van der Waals surface area contributed by atoms with E-state index in [1.54, 1.807) is 12.4 Å². The summed E-state index contributed by atoms with van der Waals surface area (Å²) in [6.45, 7) is 0.321. The van der Waals surface area contributed by atoms with Crippen LogP contribution in [0.2, 0.25) is 0 Å². The monoisotopic (exact) mass is 298 g/mol. The predicted molar refractivity (Wildman–Crippen MR) is 80.9 cm³/mol. The molecule has 22 heavy (non-hydrogen) atoms. The summed E-state index contributed by atoms with van der Waals surface area (Å²) in [5.74, 6) is -0.300. The number of pyridine rings is 2. The van der Waals surface area contributed by atoms with Crippen molar-refractivity contribution in [3.63, 3.8) is 0 Å². The summed E-state index contributed by atoms with van der Waals surface area (Å²) in [5, 5.41) is 0.905. The van der Waals surface area contributed by atoms with E-state index in [4.69, 9.17) is 10.5 Å². The number of fused-ring (bicyclic) bond motifs is 1. The van der Waals surface area contributed by atoms with Gasteiger partial charge in [-0.05, 0) is 25.0 Å². The average molecular weight is 298 g/mol. The average Bonchev–Trinajstić information content (AvgIpc) is 3.11. The van der Waals surface area contributed by atoms with Crippen LogP contribution in [0.25, 0.3) is 22.3 Å². The van der Waals surface area contributed by atoms with Crippen molar-refractivity contribution < 1.29 is 9.13 Å². The third-order valence-electron chi connectivity index (χ3n) is 3.95. The van der Waals surface area contributed by atoms with Crippen LogP contribution in [0.5, 0.6) is 5.75 Å². The molecule has 0 radical (unpaired) electrons. The maximum atomic E-state index is 14.2. The lowest BCUT2D eigenvalue weighted by molar-refractivity contribution is 0.266. The predicted octanol–water partition coefficient (Wildman–Crippen LogP) is 2.63. The van der Waals surface area contributed by atoms with Gasteiger partial charge in [-0.1, -0.05) is 0 Å². The molecule has 1 aliphatic rings. The van der Waals surface area contributed by atoms with Gasteiger partial charge in [-0.15, -0.1) is 0 Å². The van der Waals surface area contributed by atoms with Crippen molar-refractivity contribution in [1.82, 2.24) is 15.0 Å². The van der Waals surface area contributed by atoms with E-state index < -0.39 is 5.82 Å². The number of aromatic amines is 1. The first kappa shape index (κ1) is 13.2. The van der Waals surface area contributed by atoms with Crippen LogP contribution in [0, 0.1) is 5.82 Å². The van der Waals surface area contributed by atoms with E-state index >= 15 is 0 Å². The molecule has 0 saturated heterocycles. The molecule has 3 aromatic heterocycles. The molecule has 1 fully saturated rings. The Bertz CT molecular complexity index is 841. The molecular weight excluding hydrogens is 283 g/mol. The Hall–Kier alpha value is -2.47. The fourth-order valence-corrected chi connectivity index (χ4v) is 2.37. The van der Waals surface area contributed by atoms with E-state index in [2.05, 4.69) is 15.0 Å². The van der Waals surface area contributed by atoms with Gasteiger partial charge in [0.25, 0.3) is 0 Å². The van der Waals surface area contributed by atoms with E-state index in [0.29, 0.717) is 12.3 Å². The first-order valence-corrected chi connectivity index (χ1v) is 7.14. The van der Waals surface area contributed by atoms with Crippen molar-refractivity contribution in [3.05, 3.63) is 42.6 Å². The highest BCUT2D eigenvalue weighted by molar-refractivity contribution is 5.92. The fourth-order valence-electron chi connectivity index (χ4n) is 2.37. The molecule has 0 amide bonds. The smallest absolute Gasteiger partial charge is 0.173 e. The number of aromatic nitrogens is 3. The molecule has 0 atom stereocenters. The maximum absolute atomic E-state index is 14.2. The number of hydrogen-bond acceptors (Lipinski definition) is 4. The molecule has 0 unspecified atom stereocenters. The largest absolute Gasteiger partial charge is 0.487 e. The zero-order valence-corrected chi connectivity index (χ0v) is 11.8. The zero-order chi connectivity index (χ0) is 15.2. The molecule has 1 saturated carbocycles. The van der Waals surface area contributed by atoms with Gasteiger partial charge < -0.3 is 15.5 Å². The van der Waals surface area contributed by atoms with E-state index in [-0.39, 0.29) is 11.3 Å². The first-order valence-electron chi connectivity index (χ1n) is 7.14. The van der Waals surface area contributed by atoms with Gasteiger partial charge in [0.2, 0.25) is 0 Å². The molecule has 0 aliphatic heterocycles. The maximum Gasteiger partial charge on any atom is 0.173 e. The van der Waals surface area contributed by atoms with Crippen LogP contribution in [0.15, 0.2) is 36.8 Å². The first-order chi connectivity index (χ1) is 10.6. The summed E-state index contributed by atoms with van der Waals surface area (Å²) in [4.78, 5) is 11.6. The SMILES string of the molecule is NC1(COc2cnc(-c3c[nH]c4ncccc34)cc2F)CC1. The van der Waals surface area contributed by atoms with Crippen molar-refractivity contribution in [3.8, 4) is 17.0 Å². The van der Waals surface area contributed by atoms with E-state index in [9.17, 15) is 4.39 Å². The minimum atomic E-state index is -0.438. The number of H-pyrrole nitrogens is 1. The number of nitrogens with two attached hydrogens (primary N) is 1. The summed E-state index contributed by atoms with van der Waals surface area (Å²) in [6, 6.07) is 5.13. The van der Waals surface area contributed by atoms with Crippen molar-refractivity contribution >= 4 is 11.0 Å². The summed E-state index contributed by atoms with van der Waals surface area (Å²) >= 11 is 0. The lowest BCUT2D eigenvalue weighted by Gasteiger charge is -2.11. The van der Waals surface area contributed by atoms with Gasteiger partial charge in [-0.25, -0.2) is 9.37 Å². The molecule has 3 N–H and O–H groups in total. The highest BCUT2D eigenvalue weighted by atomic mass is 19.1. The summed E-state index contributed by atoms with van der Waals surface area (Å²) in [6.07, 6.45) is 6.73. The third-order valence-corrected chi connectivity index (χ3v) is 3.95. The van der Waals surface area contributed by atoms with E-state index in [1.165, 1.54) is 12.3 Å². The molecule has 3 heterocycles. The third kappa shape index (κ3) is 2.31. The number of nitrogens with one attached hydrogen (secondary N) is 1. The number of rotatable bonds is 4. The molecule has 3 aromatic rings. The topological polar surface area (TPSA) is 76.8 Å². The second kappa shape index (κ2) is 4.78. The van der Waals surface area contributed by atoms with Crippen LogP contribution in [-0.2, 0) is 0 Å². The van der Waals surface area contributed by atoms with Crippen LogP contribution in [0.4, 0.5) is 4.39 Å². The molecule has 5 nitrogen and oxygen atoms in total. The second-order valence-electron chi connectivity index (χ2n) is 5.75. The highest BCUT2D eigenvalue weighted by Gasteiger charge is 2.39. The lowest BCUT2D eigenvalue weighted by atomic mass is 10.1. The molecule has 0 bridgehead atoms. The Morgan fingerprint density at radius 2 is 2.23 bits per heavy atom. The second-order valence-corrected chi connectivity index (χ2v) is 5.75. The van der Waals surface area contributed by atoms with Crippen molar-refractivity contribution in [2.75, 3.05) is 6.61 Å². The Balaban J connectivity index is 1.64. The molecule has 0 aromatic carbocycles. The van der Waals surface area contributed by atoms with Crippen LogP contribution in [0.1, 0.15) is 12.8 Å². The molecule has 112 valence electrons. The van der Waals surface area contributed by atoms with Gasteiger partial charge in [-0.2, -0.15) is 0 Å². The Morgan fingerprint density at radius 1 is 1.36 bits per heavy atom. The number of hydrogen-bond donors (Lipinski definition) is 2. The fraction of sp³-hybridized carbons (Fsp3) is 0.250. The van der Waals surface area contributed by atoms with Crippen LogP contribution in [0.3, 0.4) is 0 Å². The van der Waals surface area contributed by atoms with Gasteiger partial charge in [0.1, 0.15) is 12.3 Å². The zero-order valence-electron chi connectivity index (χ0n) is 11.8. The van der Waals surface area contributed by atoms with Crippen molar-refractivity contribution in [2.45, 2.75) is 18.4 Å². The van der Waals surface area contributed by atoms with Crippen LogP contribution >= 0.6 is 0 Å². The quantitative estimate of drug-likeness (QED) is 0.776. The number of halogens is 1. The van der Waals surface area contributed by atoms with Crippen molar-refractivity contribution in [1.29, 1.82) is 0 Å². The van der Waals surface area contributed by atoms with Gasteiger partial charge in [0, 0.05) is 29.4 Å². The van der Waals surface area contributed by atoms with E-state index in [0.717, 1.165) is 29.4 Å². The minimum Gasteiger partial charge on any atom is -0.487 e. The minimum absolute atomic E-state index is 0.137. The normalized spacial score (nSPS) is 15.9. The van der Waals surface area contributed by atoms with E-state index in [1.807, 2.05) is 12.1 Å². The molecule has 0 spiro atoms. The standard InChI is InChI=1S/C16H15FN4O/c17-12-6-13(11-7-21-15-10(11)2-1-5-19-15)20-8-14(12)22-9-16(18)3-4-16/h1-2,5-8H,3-4,9,18H2,(H,19,21). The molecule has 6 heteroatoms. The van der Waals surface area contributed by atoms with Gasteiger partial charge in [0.15, 0.2) is 11.6 Å². The van der Waals surface area contributed by atoms with Crippen LogP contribution in [-0.4, -0.2) is 27.1 Å². The van der Waals surface area contributed by atoms with Gasteiger partial charge >= 0.3 is 0 Å². The van der Waals surface area contributed by atoms with Crippen LogP contribution < -0.4 is 10.5 Å². The molecule has 1 aliphatic carbocycles. The molecular formula is C16H15FN4O. The lowest BCUT2D eigenvalue weighted by Crippen LogP contribution is -2.30. The Morgan fingerprint density at radius 3 is 3.00 bits per heavy atom. The summed E-state index contributed by atoms with van der Waals surface area (Å²) in [5.41, 5.74) is 7.75. The number of ether oxygens (including phenoxy) is 1. The van der Waals surface area contributed by atoms with Gasteiger partial charge in [-0.3, -0.25) is 4.98 Å².